The van der Waals surface area contributed by atoms with Gasteiger partial charge in [0, 0.05) is 15.5 Å². The van der Waals surface area contributed by atoms with Crippen LogP contribution in [0, 0.1) is 0 Å². The molecule has 2 N–H and O–H groups in total. The highest BCUT2D eigenvalue weighted by atomic mass is 79.9. The molecule has 1 unspecified atom stereocenters. The molecular weight excluding hydrogens is 326 g/mol. The van der Waals surface area contributed by atoms with Gasteiger partial charge in [-0.2, -0.15) is 0 Å². The van der Waals surface area contributed by atoms with E-state index in [4.69, 9.17) is 11.6 Å². The summed E-state index contributed by atoms with van der Waals surface area (Å²) in [5.41, 5.74) is 1.04. The average Bonchev–Trinajstić information content (AvgIpc) is 2.67. The predicted octanol–water partition coefficient (Wildman–Crippen LogP) is 4.45. The van der Waals surface area contributed by atoms with E-state index in [1.165, 1.54) is 38.5 Å². The number of nitrogens with one attached hydrogen (secondary N) is 1. The van der Waals surface area contributed by atoms with Crippen LogP contribution in [0.15, 0.2) is 22.7 Å². The maximum absolute atomic E-state index is 9.67. The van der Waals surface area contributed by atoms with Gasteiger partial charge in [0.05, 0.1) is 12.6 Å². The van der Waals surface area contributed by atoms with Crippen LogP contribution in [0.1, 0.15) is 50.1 Å². The lowest BCUT2D eigenvalue weighted by molar-refractivity contribution is 0.228. The minimum absolute atomic E-state index is 0.0452. The van der Waals surface area contributed by atoms with Crippen LogP contribution in [0.5, 0.6) is 0 Å². The fraction of sp³-hybridized carbons (Fsp3) is 0.600. The van der Waals surface area contributed by atoms with E-state index in [9.17, 15) is 5.11 Å². The van der Waals surface area contributed by atoms with Crippen molar-refractivity contribution in [2.24, 2.45) is 0 Å². The van der Waals surface area contributed by atoms with Gasteiger partial charge in [0.1, 0.15) is 0 Å². The van der Waals surface area contributed by atoms with Gasteiger partial charge in [-0.25, -0.2) is 0 Å². The summed E-state index contributed by atoms with van der Waals surface area (Å²) in [4.78, 5) is 0. The van der Waals surface area contributed by atoms with Gasteiger partial charge in [-0.3, -0.25) is 0 Å². The number of benzene rings is 1. The molecule has 1 aromatic rings. The van der Waals surface area contributed by atoms with E-state index < -0.39 is 0 Å². The molecule has 0 bridgehead atoms. The van der Waals surface area contributed by atoms with Crippen LogP contribution < -0.4 is 5.32 Å². The van der Waals surface area contributed by atoms with Crippen molar-refractivity contribution in [3.05, 3.63) is 33.3 Å². The Labute approximate surface area is 128 Å². The van der Waals surface area contributed by atoms with Crippen molar-refractivity contribution in [3.63, 3.8) is 0 Å². The molecule has 1 aromatic carbocycles. The highest BCUT2D eigenvalue weighted by molar-refractivity contribution is 9.10. The monoisotopic (exact) mass is 345 g/mol. The van der Waals surface area contributed by atoms with Crippen molar-refractivity contribution in [2.45, 2.75) is 50.6 Å². The van der Waals surface area contributed by atoms with Crippen LogP contribution in [0.4, 0.5) is 0 Å². The second-order valence-corrected chi connectivity index (χ2v) is 6.55. The van der Waals surface area contributed by atoms with Crippen LogP contribution >= 0.6 is 27.5 Å². The summed E-state index contributed by atoms with van der Waals surface area (Å²) in [5.74, 6) is 0. The Bertz CT molecular complexity index is 405. The largest absolute Gasteiger partial charge is 0.394 e. The van der Waals surface area contributed by atoms with Crippen molar-refractivity contribution in [1.82, 2.24) is 5.32 Å². The van der Waals surface area contributed by atoms with Crippen molar-refractivity contribution in [1.29, 1.82) is 0 Å². The zero-order valence-corrected chi connectivity index (χ0v) is 13.4. The van der Waals surface area contributed by atoms with Crippen molar-refractivity contribution in [2.75, 3.05) is 6.61 Å². The maximum atomic E-state index is 9.67. The highest BCUT2D eigenvalue weighted by Gasteiger charge is 2.19. The van der Waals surface area contributed by atoms with E-state index in [1.807, 2.05) is 18.2 Å². The van der Waals surface area contributed by atoms with Gasteiger partial charge in [0.25, 0.3) is 0 Å². The molecule has 1 atom stereocenters. The maximum Gasteiger partial charge on any atom is 0.0627 e. The molecule has 1 fully saturated rings. The minimum atomic E-state index is -0.0452. The van der Waals surface area contributed by atoms with Gasteiger partial charge < -0.3 is 10.4 Å². The fourth-order valence-corrected chi connectivity index (χ4v) is 3.46. The van der Waals surface area contributed by atoms with E-state index >= 15 is 0 Å². The second kappa shape index (κ2) is 7.63. The first kappa shape index (κ1) is 15.3. The van der Waals surface area contributed by atoms with E-state index in [-0.39, 0.29) is 12.6 Å². The topological polar surface area (TPSA) is 32.3 Å². The molecule has 2 nitrogen and oxygen atoms in total. The van der Waals surface area contributed by atoms with Crippen LogP contribution in [0.25, 0.3) is 0 Å². The highest BCUT2D eigenvalue weighted by Crippen LogP contribution is 2.28. The predicted molar refractivity (Wildman–Crippen MR) is 83.6 cm³/mol. The lowest BCUT2D eigenvalue weighted by Gasteiger charge is -2.25. The van der Waals surface area contributed by atoms with E-state index in [0.29, 0.717) is 11.1 Å². The molecular formula is C15H21BrClNO. The van der Waals surface area contributed by atoms with Gasteiger partial charge in [-0.15, -0.1) is 0 Å². The van der Waals surface area contributed by atoms with Crippen LogP contribution in [0.2, 0.25) is 5.02 Å². The second-order valence-electron chi connectivity index (χ2n) is 5.26. The molecule has 19 heavy (non-hydrogen) atoms. The summed E-state index contributed by atoms with van der Waals surface area (Å²) in [7, 11) is 0. The molecule has 1 saturated carbocycles. The molecule has 0 amide bonds. The molecule has 4 heteroatoms. The Morgan fingerprint density at radius 1 is 1.26 bits per heavy atom. The van der Waals surface area contributed by atoms with Gasteiger partial charge in [0.15, 0.2) is 0 Å². The summed E-state index contributed by atoms with van der Waals surface area (Å²) >= 11 is 9.60. The SMILES string of the molecule is OCC(NC1CCCCCC1)c1cc(Cl)ccc1Br. The minimum Gasteiger partial charge on any atom is -0.394 e. The summed E-state index contributed by atoms with van der Waals surface area (Å²) in [6.07, 6.45) is 7.65. The Balaban J connectivity index is 2.08. The third kappa shape index (κ3) is 4.45. The number of rotatable bonds is 4. The van der Waals surface area contributed by atoms with Gasteiger partial charge in [0.2, 0.25) is 0 Å². The summed E-state index contributed by atoms with van der Waals surface area (Å²) < 4.78 is 0.997. The molecule has 0 heterocycles. The van der Waals surface area contributed by atoms with E-state index in [1.54, 1.807) is 0 Å². The number of aliphatic hydroxyl groups is 1. The number of halogens is 2. The van der Waals surface area contributed by atoms with Crippen molar-refractivity contribution in [3.8, 4) is 0 Å². The smallest absolute Gasteiger partial charge is 0.0627 e. The zero-order valence-electron chi connectivity index (χ0n) is 11.0. The van der Waals surface area contributed by atoms with Crippen molar-refractivity contribution < 1.29 is 5.11 Å². The molecule has 0 radical (unpaired) electrons. The van der Waals surface area contributed by atoms with E-state index in [2.05, 4.69) is 21.2 Å². The van der Waals surface area contributed by atoms with Gasteiger partial charge in [-0.1, -0.05) is 53.2 Å². The molecule has 0 aromatic heterocycles. The lowest BCUT2D eigenvalue weighted by atomic mass is 10.0. The number of aliphatic hydroxyl groups excluding tert-OH is 1. The van der Waals surface area contributed by atoms with Crippen LogP contribution in [0.3, 0.4) is 0 Å². The molecule has 0 saturated heterocycles. The summed E-state index contributed by atoms with van der Waals surface area (Å²) in [6, 6.07) is 6.18. The first-order chi connectivity index (χ1) is 9.20. The Hall–Kier alpha value is -0.0900. The third-order valence-corrected chi connectivity index (χ3v) is 4.77. The Morgan fingerprint density at radius 2 is 1.95 bits per heavy atom. The molecule has 106 valence electrons. The first-order valence-corrected chi connectivity index (χ1v) is 8.19. The Morgan fingerprint density at radius 3 is 2.58 bits per heavy atom. The Kier molecular flexibility index (Phi) is 6.14. The number of hydrogen-bond acceptors (Lipinski definition) is 2. The molecule has 1 aliphatic carbocycles. The lowest BCUT2D eigenvalue weighted by Crippen LogP contribution is -2.34. The van der Waals surface area contributed by atoms with Gasteiger partial charge in [-0.05, 0) is 36.6 Å². The van der Waals surface area contributed by atoms with Gasteiger partial charge >= 0.3 is 0 Å². The fourth-order valence-electron chi connectivity index (χ4n) is 2.75. The summed E-state index contributed by atoms with van der Waals surface area (Å²) in [6.45, 7) is 0.0927. The average molecular weight is 347 g/mol. The standard InChI is InChI=1S/C15H21BrClNO/c16-14-8-7-11(17)9-13(14)15(10-19)18-12-5-3-1-2-4-6-12/h7-9,12,15,18-19H,1-6,10H2. The van der Waals surface area contributed by atoms with Crippen molar-refractivity contribution >= 4 is 27.5 Å². The van der Waals surface area contributed by atoms with Crippen LogP contribution in [-0.4, -0.2) is 17.8 Å². The quantitative estimate of drug-likeness (QED) is 0.790. The molecule has 2 rings (SSSR count). The third-order valence-electron chi connectivity index (χ3n) is 3.81. The van der Waals surface area contributed by atoms with Crippen LogP contribution in [-0.2, 0) is 0 Å². The summed E-state index contributed by atoms with van der Waals surface area (Å²) in [5, 5.41) is 14.0. The normalized spacial score (nSPS) is 19.1. The van der Waals surface area contributed by atoms with E-state index in [0.717, 1.165) is 10.0 Å². The molecule has 1 aliphatic rings. The molecule has 0 aliphatic heterocycles. The first-order valence-electron chi connectivity index (χ1n) is 7.02. The zero-order chi connectivity index (χ0) is 13.7. The molecule has 0 spiro atoms. The number of hydrogen-bond donors (Lipinski definition) is 2.